The summed E-state index contributed by atoms with van der Waals surface area (Å²) in [6.45, 7) is 2.94. The smallest absolute Gasteiger partial charge is 0.269 e. The van der Waals surface area contributed by atoms with E-state index >= 15 is 0 Å². The van der Waals surface area contributed by atoms with Gasteiger partial charge in [-0.2, -0.15) is 0 Å². The van der Waals surface area contributed by atoms with Crippen LogP contribution in [-0.4, -0.2) is 32.5 Å². The summed E-state index contributed by atoms with van der Waals surface area (Å²) in [5, 5.41) is 13.7. The molecule has 1 heterocycles. The quantitative estimate of drug-likeness (QED) is 0.635. The SMILES string of the molecule is Cc1cc([N+](=O)[O-])ccc1S(=O)(=O)NC1CCNC1.Cl. The minimum Gasteiger partial charge on any atom is -0.315 e. The monoisotopic (exact) mass is 321 g/mol. The van der Waals surface area contributed by atoms with E-state index in [-0.39, 0.29) is 29.0 Å². The fourth-order valence-electron chi connectivity index (χ4n) is 2.09. The fourth-order valence-corrected chi connectivity index (χ4v) is 3.58. The number of nitro groups is 1. The third kappa shape index (κ3) is 3.66. The Hall–Kier alpha value is -1.22. The molecule has 0 saturated carbocycles. The normalized spacial score (nSPS) is 18.6. The van der Waals surface area contributed by atoms with Crippen molar-refractivity contribution in [2.45, 2.75) is 24.3 Å². The Labute approximate surface area is 123 Å². The molecule has 0 aliphatic carbocycles. The lowest BCUT2D eigenvalue weighted by molar-refractivity contribution is -0.385. The average molecular weight is 322 g/mol. The van der Waals surface area contributed by atoms with Crippen LogP contribution in [0.2, 0.25) is 0 Å². The highest BCUT2D eigenvalue weighted by molar-refractivity contribution is 7.89. The van der Waals surface area contributed by atoms with Crippen molar-refractivity contribution in [3.05, 3.63) is 33.9 Å². The van der Waals surface area contributed by atoms with E-state index in [0.29, 0.717) is 12.1 Å². The highest BCUT2D eigenvalue weighted by Crippen LogP contribution is 2.21. The van der Waals surface area contributed by atoms with Gasteiger partial charge in [0, 0.05) is 24.7 Å². The van der Waals surface area contributed by atoms with Crippen molar-refractivity contribution in [1.82, 2.24) is 10.0 Å². The lowest BCUT2D eigenvalue weighted by Crippen LogP contribution is -2.36. The second kappa shape index (κ2) is 6.49. The van der Waals surface area contributed by atoms with Gasteiger partial charge in [-0.25, -0.2) is 13.1 Å². The first-order valence-corrected chi connectivity index (χ1v) is 7.36. The van der Waals surface area contributed by atoms with E-state index in [4.69, 9.17) is 0 Å². The topological polar surface area (TPSA) is 101 Å². The second-order valence-corrected chi connectivity index (χ2v) is 6.20. The predicted octanol–water partition coefficient (Wildman–Crippen LogP) is 0.965. The standard InChI is InChI=1S/C11H15N3O4S.ClH/c1-8-6-10(14(15)16)2-3-11(8)19(17,18)13-9-4-5-12-7-9;/h2-3,6,9,12-13H,4-5,7H2,1H3;1H. The third-order valence-corrected chi connectivity index (χ3v) is 4.72. The van der Waals surface area contributed by atoms with Gasteiger partial charge in [0.15, 0.2) is 0 Å². The van der Waals surface area contributed by atoms with Crippen molar-refractivity contribution in [2.75, 3.05) is 13.1 Å². The van der Waals surface area contributed by atoms with Crippen LogP contribution in [0.3, 0.4) is 0 Å². The van der Waals surface area contributed by atoms with Crippen LogP contribution in [-0.2, 0) is 10.0 Å². The molecule has 112 valence electrons. The molecule has 1 atom stereocenters. The van der Waals surface area contributed by atoms with E-state index in [9.17, 15) is 18.5 Å². The largest absolute Gasteiger partial charge is 0.315 e. The number of nitro benzene ring substituents is 1. The maximum Gasteiger partial charge on any atom is 0.269 e. The van der Waals surface area contributed by atoms with Gasteiger partial charge in [-0.05, 0) is 31.5 Å². The first kappa shape index (κ1) is 16.8. The molecule has 9 heteroatoms. The maximum atomic E-state index is 12.2. The zero-order chi connectivity index (χ0) is 14.0. The molecule has 1 fully saturated rings. The Morgan fingerprint density at radius 3 is 2.65 bits per heavy atom. The highest BCUT2D eigenvalue weighted by Gasteiger charge is 2.24. The molecule has 0 bridgehead atoms. The van der Waals surface area contributed by atoms with Gasteiger partial charge in [-0.15, -0.1) is 12.4 Å². The molecule has 2 rings (SSSR count). The van der Waals surface area contributed by atoms with Crippen LogP contribution in [0.25, 0.3) is 0 Å². The van der Waals surface area contributed by atoms with Crippen LogP contribution in [0.5, 0.6) is 0 Å². The fraction of sp³-hybridized carbons (Fsp3) is 0.455. The zero-order valence-electron chi connectivity index (χ0n) is 10.8. The molecule has 0 amide bonds. The first-order chi connectivity index (χ1) is 8.90. The van der Waals surface area contributed by atoms with Crippen molar-refractivity contribution >= 4 is 28.1 Å². The van der Waals surface area contributed by atoms with E-state index in [1.165, 1.54) is 18.2 Å². The van der Waals surface area contributed by atoms with Gasteiger partial charge >= 0.3 is 0 Å². The summed E-state index contributed by atoms with van der Waals surface area (Å²) in [5.74, 6) is 0. The Balaban J connectivity index is 0.00000200. The highest BCUT2D eigenvalue weighted by atomic mass is 35.5. The molecule has 1 aromatic rings. The summed E-state index contributed by atoms with van der Waals surface area (Å²) in [6.07, 6.45) is 0.741. The number of non-ortho nitro benzene ring substituents is 1. The van der Waals surface area contributed by atoms with E-state index in [0.717, 1.165) is 13.0 Å². The van der Waals surface area contributed by atoms with Gasteiger partial charge in [-0.1, -0.05) is 0 Å². The minimum absolute atomic E-state index is 0. The van der Waals surface area contributed by atoms with Gasteiger partial charge in [0.25, 0.3) is 5.69 Å². The van der Waals surface area contributed by atoms with Crippen molar-refractivity contribution in [3.63, 3.8) is 0 Å². The number of aryl methyl sites for hydroxylation is 1. The molecule has 1 aromatic carbocycles. The van der Waals surface area contributed by atoms with Gasteiger partial charge in [0.2, 0.25) is 10.0 Å². The minimum atomic E-state index is -3.63. The van der Waals surface area contributed by atoms with Crippen molar-refractivity contribution < 1.29 is 13.3 Å². The van der Waals surface area contributed by atoms with E-state index in [2.05, 4.69) is 10.0 Å². The van der Waals surface area contributed by atoms with Gasteiger partial charge in [0.1, 0.15) is 0 Å². The number of hydrogen-bond donors (Lipinski definition) is 2. The number of halogens is 1. The summed E-state index contributed by atoms with van der Waals surface area (Å²) >= 11 is 0. The van der Waals surface area contributed by atoms with Gasteiger partial charge in [0.05, 0.1) is 9.82 Å². The van der Waals surface area contributed by atoms with E-state index < -0.39 is 14.9 Å². The summed E-state index contributed by atoms with van der Waals surface area (Å²) in [7, 11) is -3.63. The lowest BCUT2D eigenvalue weighted by atomic mass is 10.2. The Morgan fingerprint density at radius 1 is 1.45 bits per heavy atom. The molecule has 0 spiro atoms. The van der Waals surface area contributed by atoms with Crippen molar-refractivity contribution in [1.29, 1.82) is 0 Å². The molecular formula is C11H16ClN3O4S. The lowest BCUT2D eigenvalue weighted by Gasteiger charge is -2.13. The van der Waals surface area contributed by atoms with E-state index in [1.54, 1.807) is 6.92 Å². The number of benzene rings is 1. The Kier molecular flexibility index (Phi) is 5.46. The summed E-state index contributed by atoms with van der Waals surface area (Å²) in [6, 6.07) is 3.62. The molecule has 1 saturated heterocycles. The number of sulfonamides is 1. The average Bonchev–Trinajstić information content (AvgIpc) is 2.80. The van der Waals surface area contributed by atoms with Gasteiger partial charge in [-0.3, -0.25) is 10.1 Å². The second-order valence-electron chi connectivity index (χ2n) is 4.52. The van der Waals surface area contributed by atoms with Crippen LogP contribution in [0.4, 0.5) is 5.69 Å². The van der Waals surface area contributed by atoms with Crippen LogP contribution in [0.15, 0.2) is 23.1 Å². The number of nitrogens with zero attached hydrogens (tertiary/aromatic N) is 1. The molecule has 2 N–H and O–H groups in total. The molecule has 1 unspecified atom stereocenters. The Bertz CT molecular complexity index is 600. The van der Waals surface area contributed by atoms with Crippen LogP contribution in [0.1, 0.15) is 12.0 Å². The van der Waals surface area contributed by atoms with Crippen molar-refractivity contribution in [3.8, 4) is 0 Å². The van der Waals surface area contributed by atoms with Gasteiger partial charge < -0.3 is 5.32 Å². The Morgan fingerprint density at radius 2 is 2.15 bits per heavy atom. The number of nitrogens with one attached hydrogen (secondary N) is 2. The zero-order valence-corrected chi connectivity index (χ0v) is 12.5. The predicted molar refractivity (Wildman–Crippen MR) is 76.7 cm³/mol. The molecule has 1 aliphatic rings. The summed E-state index contributed by atoms with van der Waals surface area (Å²) in [5.41, 5.74) is 0.256. The number of hydrogen-bond acceptors (Lipinski definition) is 5. The summed E-state index contributed by atoms with van der Waals surface area (Å²) in [4.78, 5) is 10.2. The molecule has 0 aromatic heterocycles. The molecular weight excluding hydrogens is 306 g/mol. The van der Waals surface area contributed by atoms with Crippen LogP contribution >= 0.6 is 12.4 Å². The van der Waals surface area contributed by atoms with E-state index in [1.807, 2.05) is 0 Å². The third-order valence-electron chi connectivity index (χ3n) is 3.04. The molecule has 7 nitrogen and oxygen atoms in total. The molecule has 20 heavy (non-hydrogen) atoms. The first-order valence-electron chi connectivity index (χ1n) is 5.88. The maximum absolute atomic E-state index is 12.2. The van der Waals surface area contributed by atoms with Crippen molar-refractivity contribution in [2.24, 2.45) is 0 Å². The summed E-state index contributed by atoms with van der Waals surface area (Å²) < 4.78 is 27.0. The van der Waals surface area contributed by atoms with Crippen LogP contribution in [0, 0.1) is 17.0 Å². The molecule has 0 radical (unpaired) electrons. The van der Waals surface area contributed by atoms with Crippen LogP contribution < -0.4 is 10.0 Å². The number of rotatable bonds is 4. The molecule has 1 aliphatic heterocycles.